The van der Waals surface area contributed by atoms with Gasteiger partial charge in [0.1, 0.15) is 0 Å². The zero-order chi connectivity index (χ0) is 11.1. The van der Waals surface area contributed by atoms with Crippen molar-refractivity contribution in [2.45, 2.75) is 68.2 Å². The second-order valence-corrected chi connectivity index (χ2v) is 5.32. The standard InChI is InChI=1S/C11H24.C2H6/c1-9(2)10(3)7-8-11(4,5)6;1-2/h9-10H,7-8H2,1-6H3;1-2H3. The summed E-state index contributed by atoms with van der Waals surface area (Å²) in [5.41, 5.74) is 0.517. The van der Waals surface area contributed by atoms with Crippen molar-refractivity contribution >= 4 is 0 Å². The van der Waals surface area contributed by atoms with Crippen molar-refractivity contribution in [3.63, 3.8) is 0 Å². The van der Waals surface area contributed by atoms with Gasteiger partial charge in [0.25, 0.3) is 0 Å². The first kappa shape index (κ1) is 15.5. The molecule has 0 aliphatic rings. The average Bonchev–Trinajstić information content (AvgIpc) is 2.02. The third-order valence-electron chi connectivity index (χ3n) is 2.49. The maximum absolute atomic E-state index is 2.36. The molecule has 0 saturated carbocycles. The van der Waals surface area contributed by atoms with Crippen LogP contribution in [0, 0.1) is 17.3 Å². The van der Waals surface area contributed by atoms with Gasteiger partial charge in [0.2, 0.25) is 0 Å². The van der Waals surface area contributed by atoms with Gasteiger partial charge in [0.05, 0.1) is 0 Å². The molecule has 82 valence electrons. The lowest BCUT2D eigenvalue weighted by Crippen LogP contribution is -2.10. The monoisotopic (exact) mass is 186 g/mol. The molecule has 0 bridgehead atoms. The Bertz CT molecular complexity index is 95.1. The minimum Gasteiger partial charge on any atom is -0.0683 e. The van der Waals surface area contributed by atoms with Gasteiger partial charge in [-0.15, -0.1) is 0 Å². The molecule has 0 rings (SSSR count). The molecule has 0 aromatic carbocycles. The van der Waals surface area contributed by atoms with Crippen molar-refractivity contribution in [3.05, 3.63) is 0 Å². The van der Waals surface area contributed by atoms with Crippen LogP contribution in [0.1, 0.15) is 68.2 Å². The maximum Gasteiger partial charge on any atom is -0.0383 e. The Balaban J connectivity index is 0. The van der Waals surface area contributed by atoms with Gasteiger partial charge >= 0.3 is 0 Å². The van der Waals surface area contributed by atoms with Crippen LogP contribution in [-0.4, -0.2) is 0 Å². The Labute approximate surface area is 86.1 Å². The average molecular weight is 186 g/mol. The van der Waals surface area contributed by atoms with Gasteiger partial charge in [-0.2, -0.15) is 0 Å². The van der Waals surface area contributed by atoms with Crippen LogP contribution in [-0.2, 0) is 0 Å². The van der Waals surface area contributed by atoms with E-state index in [-0.39, 0.29) is 0 Å². The second kappa shape index (κ2) is 7.41. The molecule has 0 nitrogen and oxygen atoms in total. The summed E-state index contributed by atoms with van der Waals surface area (Å²) in [6, 6.07) is 0. The van der Waals surface area contributed by atoms with Crippen molar-refractivity contribution in [2.24, 2.45) is 17.3 Å². The fourth-order valence-electron chi connectivity index (χ4n) is 0.994. The molecule has 0 heterocycles. The molecule has 0 aliphatic heterocycles. The van der Waals surface area contributed by atoms with E-state index in [0.29, 0.717) is 5.41 Å². The van der Waals surface area contributed by atoms with Crippen LogP contribution in [0.3, 0.4) is 0 Å². The molecule has 0 fully saturated rings. The summed E-state index contributed by atoms with van der Waals surface area (Å²) in [7, 11) is 0. The Morgan fingerprint density at radius 3 is 1.54 bits per heavy atom. The van der Waals surface area contributed by atoms with E-state index in [4.69, 9.17) is 0 Å². The molecule has 0 radical (unpaired) electrons. The van der Waals surface area contributed by atoms with Gasteiger partial charge in [0, 0.05) is 0 Å². The van der Waals surface area contributed by atoms with Gasteiger partial charge in [0.15, 0.2) is 0 Å². The summed E-state index contributed by atoms with van der Waals surface area (Å²) in [6.07, 6.45) is 2.73. The van der Waals surface area contributed by atoms with E-state index < -0.39 is 0 Å². The Morgan fingerprint density at radius 1 is 0.923 bits per heavy atom. The summed E-state index contributed by atoms with van der Waals surface area (Å²) < 4.78 is 0. The molecular formula is C13H30. The van der Waals surface area contributed by atoms with Gasteiger partial charge in [-0.3, -0.25) is 0 Å². The maximum atomic E-state index is 2.36. The Hall–Kier alpha value is 0. The Kier molecular flexibility index (Phi) is 8.82. The molecule has 0 N–H and O–H groups in total. The van der Waals surface area contributed by atoms with Crippen LogP contribution in [0.25, 0.3) is 0 Å². The molecule has 0 spiro atoms. The smallest absolute Gasteiger partial charge is 0.0383 e. The minimum absolute atomic E-state index is 0.517. The minimum atomic E-state index is 0.517. The van der Waals surface area contributed by atoms with Crippen molar-refractivity contribution in [1.82, 2.24) is 0 Å². The van der Waals surface area contributed by atoms with Crippen LogP contribution in [0.2, 0.25) is 0 Å². The molecule has 13 heavy (non-hydrogen) atoms. The van der Waals surface area contributed by atoms with Crippen molar-refractivity contribution < 1.29 is 0 Å². The normalized spacial score (nSPS) is 13.6. The fraction of sp³-hybridized carbons (Fsp3) is 1.00. The highest BCUT2D eigenvalue weighted by molar-refractivity contribution is 4.65. The van der Waals surface area contributed by atoms with Crippen LogP contribution in [0.4, 0.5) is 0 Å². The summed E-state index contributed by atoms with van der Waals surface area (Å²) in [6.45, 7) is 17.9. The van der Waals surface area contributed by atoms with E-state index in [0.717, 1.165) is 11.8 Å². The third-order valence-corrected chi connectivity index (χ3v) is 2.49. The highest BCUT2D eigenvalue weighted by Gasteiger charge is 2.13. The zero-order valence-corrected chi connectivity index (χ0v) is 11.1. The lowest BCUT2D eigenvalue weighted by Gasteiger charge is -2.22. The lowest BCUT2D eigenvalue weighted by molar-refractivity contribution is 0.294. The topological polar surface area (TPSA) is 0 Å². The van der Waals surface area contributed by atoms with E-state index in [2.05, 4.69) is 41.5 Å². The molecule has 0 saturated heterocycles. The van der Waals surface area contributed by atoms with Crippen LogP contribution in [0.5, 0.6) is 0 Å². The SMILES string of the molecule is CC.CC(C)C(C)CCC(C)(C)C. The zero-order valence-electron chi connectivity index (χ0n) is 11.1. The summed E-state index contributed by atoms with van der Waals surface area (Å²) in [5.74, 6) is 1.73. The molecule has 0 heteroatoms. The Morgan fingerprint density at radius 2 is 1.31 bits per heavy atom. The third kappa shape index (κ3) is 12.0. The summed E-state index contributed by atoms with van der Waals surface area (Å²) in [4.78, 5) is 0. The molecule has 0 aliphatic carbocycles. The van der Waals surface area contributed by atoms with E-state index >= 15 is 0 Å². The van der Waals surface area contributed by atoms with E-state index in [1.807, 2.05) is 13.8 Å². The summed E-state index contributed by atoms with van der Waals surface area (Å²) >= 11 is 0. The second-order valence-electron chi connectivity index (χ2n) is 5.32. The first-order valence-corrected chi connectivity index (χ1v) is 5.83. The first-order chi connectivity index (χ1) is 5.83. The molecule has 1 atom stereocenters. The fourth-order valence-corrected chi connectivity index (χ4v) is 0.994. The molecule has 0 amide bonds. The van der Waals surface area contributed by atoms with Gasteiger partial charge < -0.3 is 0 Å². The van der Waals surface area contributed by atoms with Crippen LogP contribution < -0.4 is 0 Å². The number of rotatable bonds is 3. The van der Waals surface area contributed by atoms with E-state index in [1.165, 1.54) is 12.8 Å². The van der Waals surface area contributed by atoms with Gasteiger partial charge in [-0.05, 0) is 30.1 Å². The van der Waals surface area contributed by atoms with Crippen LogP contribution in [0.15, 0.2) is 0 Å². The summed E-state index contributed by atoms with van der Waals surface area (Å²) in [5, 5.41) is 0. The number of hydrogen-bond acceptors (Lipinski definition) is 0. The van der Waals surface area contributed by atoms with Crippen molar-refractivity contribution in [2.75, 3.05) is 0 Å². The van der Waals surface area contributed by atoms with Gasteiger partial charge in [-0.25, -0.2) is 0 Å². The van der Waals surface area contributed by atoms with Crippen molar-refractivity contribution in [3.8, 4) is 0 Å². The predicted molar refractivity (Wildman–Crippen MR) is 64.0 cm³/mol. The van der Waals surface area contributed by atoms with E-state index in [9.17, 15) is 0 Å². The number of hydrogen-bond donors (Lipinski definition) is 0. The highest BCUT2D eigenvalue weighted by atomic mass is 14.2. The van der Waals surface area contributed by atoms with Crippen LogP contribution >= 0.6 is 0 Å². The first-order valence-electron chi connectivity index (χ1n) is 5.83. The molecule has 0 aromatic rings. The highest BCUT2D eigenvalue weighted by Crippen LogP contribution is 2.26. The van der Waals surface area contributed by atoms with E-state index in [1.54, 1.807) is 0 Å². The molecule has 0 aromatic heterocycles. The largest absolute Gasteiger partial charge is 0.0683 e. The van der Waals surface area contributed by atoms with Crippen molar-refractivity contribution in [1.29, 1.82) is 0 Å². The lowest BCUT2D eigenvalue weighted by atomic mass is 9.84. The molecule has 1 unspecified atom stereocenters. The molecular weight excluding hydrogens is 156 g/mol. The quantitative estimate of drug-likeness (QED) is 0.573. The predicted octanol–water partition coefficient (Wildman–Crippen LogP) is 5.13. The van der Waals surface area contributed by atoms with Gasteiger partial charge in [-0.1, -0.05) is 55.4 Å².